The molecule has 1 aliphatic heterocycles. The van der Waals surface area contributed by atoms with Gasteiger partial charge in [-0.1, -0.05) is 0 Å². The average Bonchev–Trinajstić information content (AvgIpc) is 2.26. The molecule has 1 saturated heterocycles. The molecule has 1 aromatic heterocycles. The number of rotatable bonds is 2. The summed E-state index contributed by atoms with van der Waals surface area (Å²) in [6.45, 7) is 1.66. The van der Waals surface area contributed by atoms with Gasteiger partial charge in [0.05, 0.1) is 29.7 Å². The summed E-state index contributed by atoms with van der Waals surface area (Å²) in [4.78, 5) is 5.42. The van der Waals surface area contributed by atoms with Gasteiger partial charge in [0, 0.05) is 16.5 Å². The summed E-state index contributed by atoms with van der Waals surface area (Å²) in [5.41, 5.74) is 7.93. The van der Waals surface area contributed by atoms with E-state index in [-0.39, 0.29) is 0 Å². The lowest BCUT2D eigenvalue weighted by Gasteiger charge is -2.25. The van der Waals surface area contributed by atoms with Gasteiger partial charge in [0.25, 0.3) is 0 Å². The molecule has 1 fully saturated rings. The normalized spacial score (nSPS) is 16.2. The van der Waals surface area contributed by atoms with E-state index in [0.29, 0.717) is 5.25 Å². The molecule has 2 heterocycles. The van der Waals surface area contributed by atoms with Gasteiger partial charge in [0.2, 0.25) is 0 Å². The summed E-state index contributed by atoms with van der Waals surface area (Å²) in [6, 6.07) is 8.00. The zero-order valence-electron chi connectivity index (χ0n) is 8.72. The van der Waals surface area contributed by atoms with E-state index in [0.717, 1.165) is 34.7 Å². The number of hydrogen-bond donors (Lipinski definition) is 1. The van der Waals surface area contributed by atoms with Crippen molar-refractivity contribution in [1.29, 1.82) is 0 Å². The van der Waals surface area contributed by atoms with E-state index in [1.165, 1.54) is 0 Å². The number of nitrogens with two attached hydrogens (primary N) is 1. The molecule has 0 bridgehead atoms. The summed E-state index contributed by atoms with van der Waals surface area (Å²) >= 11 is 1.79. The Morgan fingerprint density at radius 3 is 2.94 bits per heavy atom. The Bertz CT molecular complexity index is 525. The van der Waals surface area contributed by atoms with Gasteiger partial charge in [-0.05, 0) is 24.3 Å². The molecule has 0 saturated carbocycles. The van der Waals surface area contributed by atoms with Crippen LogP contribution in [0.1, 0.15) is 0 Å². The van der Waals surface area contributed by atoms with Crippen LogP contribution < -0.4 is 5.73 Å². The predicted molar refractivity (Wildman–Crippen MR) is 66.6 cm³/mol. The van der Waals surface area contributed by atoms with Crippen molar-refractivity contribution in [2.75, 3.05) is 18.9 Å². The third kappa shape index (κ3) is 1.64. The van der Waals surface area contributed by atoms with Crippen LogP contribution in [0.3, 0.4) is 0 Å². The zero-order chi connectivity index (χ0) is 11.0. The van der Waals surface area contributed by atoms with Gasteiger partial charge < -0.3 is 10.5 Å². The van der Waals surface area contributed by atoms with Crippen molar-refractivity contribution >= 4 is 28.4 Å². The largest absolute Gasteiger partial charge is 0.397 e. The zero-order valence-corrected chi connectivity index (χ0v) is 9.54. The second-order valence-electron chi connectivity index (χ2n) is 3.82. The maximum absolute atomic E-state index is 6.14. The topological polar surface area (TPSA) is 48.1 Å². The number of thioether (sulfide) groups is 1. The summed E-state index contributed by atoms with van der Waals surface area (Å²) in [7, 11) is 0. The van der Waals surface area contributed by atoms with E-state index < -0.39 is 0 Å². The average molecular weight is 232 g/mol. The number of pyridine rings is 1. The molecule has 2 N–H and O–H groups in total. The van der Waals surface area contributed by atoms with Crippen molar-refractivity contribution in [2.45, 2.75) is 10.1 Å². The van der Waals surface area contributed by atoms with E-state index in [1.54, 1.807) is 18.0 Å². The number of nitrogens with zero attached hydrogens (tertiary/aromatic N) is 1. The number of nitrogen functional groups attached to an aromatic ring is 1. The second kappa shape index (κ2) is 3.96. The Morgan fingerprint density at radius 2 is 2.19 bits per heavy atom. The summed E-state index contributed by atoms with van der Waals surface area (Å²) in [5.74, 6) is 0. The first-order valence-corrected chi connectivity index (χ1v) is 6.10. The maximum atomic E-state index is 6.14. The molecule has 1 aliphatic rings. The third-order valence-corrected chi connectivity index (χ3v) is 3.90. The molecule has 0 radical (unpaired) electrons. The lowest BCUT2D eigenvalue weighted by molar-refractivity contribution is 0.0455. The van der Waals surface area contributed by atoms with E-state index >= 15 is 0 Å². The fraction of sp³-hybridized carbons (Fsp3) is 0.250. The van der Waals surface area contributed by atoms with Gasteiger partial charge in [-0.15, -0.1) is 11.8 Å². The molecule has 0 unspecified atom stereocenters. The Labute approximate surface area is 98.0 Å². The van der Waals surface area contributed by atoms with Crippen molar-refractivity contribution in [1.82, 2.24) is 4.98 Å². The van der Waals surface area contributed by atoms with Crippen LogP contribution in [0.25, 0.3) is 10.9 Å². The smallest absolute Gasteiger partial charge is 0.0723 e. The first-order valence-electron chi connectivity index (χ1n) is 5.22. The van der Waals surface area contributed by atoms with Crippen molar-refractivity contribution in [3.8, 4) is 0 Å². The highest BCUT2D eigenvalue weighted by atomic mass is 32.2. The monoisotopic (exact) mass is 232 g/mol. The van der Waals surface area contributed by atoms with Gasteiger partial charge in [-0.25, -0.2) is 0 Å². The number of fused-ring (bicyclic) bond motifs is 1. The van der Waals surface area contributed by atoms with Crippen molar-refractivity contribution in [2.24, 2.45) is 0 Å². The number of ether oxygens (including phenoxy) is 1. The van der Waals surface area contributed by atoms with Crippen LogP contribution in [-0.2, 0) is 4.74 Å². The van der Waals surface area contributed by atoms with Gasteiger partial charge in [0.1, 0.15) is 0 Å². The molecule has 82 valence electrons. The number of hydrogen-bond acceptors (Lipinski definition) is 4. The van der Waals surface area contributed by atoms with E-state index in [1.807, 2.05) is 24.3 Å². The minimum absolute atomic E-state index is 0.552. The van der Waals surface area contributed by atoms with Crippen LogP contribution in [0, 0.1) is 0 Å². The fourth-order valence-electron chi connectivity index (χ4n) is 1.72. The summed E-state index contributed by atoms with van der Waals surface area (Å²) < 4.78 is 5.16. The molecule has 16 heavy (non-hydrogen) atoms. The quantitative estimate of drug-likeness (QED) is 0.807. The maximum Gasteiger partial charge on any atom is 0.0723 e. The molecule has 0 spiro atoms. The third-order valence-electron chi connectivity index (χ3n) is 2.69. The van der Waals surface area contributed by atoms with Crippen LogP contribution in [-0.4, -0.2) is 23.4 Å². The van der Waals surface area contributed by atoms with Gasteiger partial charge >= 0.3 is 0 Å². The predicted octanol–water partition coefficient (Wildman–Crippen LogP) is 2.31. The highest BCUT2D eigenvalue weighted by Crippen LogP contribution is 2.35. The van der Waals surface area contributed by atoms with Crippen molar-refractivity contribution < 1.29 is 4.74 Å². The molecule has 2 aromatic rings. The lowest BCUT2D eigenvalue weighted by atomic mass is 10.2. The van der Waals surface area contributed by atoms with Crippen LogP contribution >= 0.6 is 11.8 Å². The van der Waals surface area contributed by atoms with E-state index in [9.17, 15) is 0 Å². The van der Waals surface area contributed by atoms with Crippen molar-refractivity contribution in [3.63, 3.8) is 0 Å². The van der Waals surface area contributed by atoms with Crippen molar-refractivity contribution in [3.05, 3.63) is 30.5 Å². The molecular weight excluding hydrogens is 220 g/mol. The Morgan fingerprint density at radius 1 is 1.31 bits per heavy atom. The first kappa shape index (κ1) is 9.93. The van der Waals surface area contributed by atoms with Crippen LogP contribution in [0.5, 0.6) is 0 Å². The minimum Gasteiger partial charge on any atom is -0.397 e. The SMILES string of the molecule is Nc1c(SC2COC2)ccc2ncccc12. The molecule has 3 rings (SSSR count). The van der Waals surface area contributed by atoms with E-state index in [4.69, 9.17) is 10.5 Å². The molecule has 0 aliphatic carbocycles. The number of benzene rings is 1. The van der Waals surface area contributed by atoms with E-state index in [2.05, 4.69) is 4.98 Å². The number of aromatic nitrogens is 1. The summed E-state index contributed by atoms with van der Waals surface area (Å²) in [5, 5.41) is 1.59. The standard InChI is InChI=1S/C12H12N2OS/c13-12-9-2-1-5-14-10(9)3-4-11(12)16-8-6-15-7-8/h1-5,8H,6-7,13H2. The Balaban J connectivity index is 2.01. The van der Waals surface area contributed by atoms with Gasteiger partial charge in [0.15, 0.2) is 0 Å². The molecule has 0 amide bonds. The molecule has 1 aromatic carbocycles. The van der Waals surface area contributed by atoms with Gasteiger partial charge in [-0.3, -0.25) is 4.98 Å². The first-order chi connectivity index (χ1) is 7.84. The second-order valence-corrected chi connectivity index (χ2v) is 5.17. The molecule has 0 atom stereocenters. The molecule has 3 nitrogen and oxygen atoms in total. The number of anilines is 1. The lowest BCUT2D eigenvalue weighted by Crippen LogP contribution is -2.30. The fourth-order valence-corrected chi connectivity index (χ4v) is 2.79. The van der Waals surface area contributed by atoms with Crippen LogP contribution in [0.4, 0.5) is 5.69 Å². The van der Waals surface area contributed by atoms with Crippen LogP contribution in [0.15, 0.2) is 35.4 Å². The molecule has 4 heteroatoms. The minimum atomic E-state index is 0.552. The van der Waals surface area contributed by atoms with Gasteiger partial charge in [-0.2, -0.15) is 0 Å². The molecular formula is C12H12N2OS. The highest BCUT2D eigenvalue weighted by molar-refractivity contribution is 8.00. The Hall–Kier alpha value is -1.26. The summed E-state index contributed by atoms with van der Waals surface area (Å²) in [6.07, 6.45) is 1.79. The highest BCUT2D eigenvalue weighted by Gasteiger charge is 2.20. The Kier molecular flexibility index (Phi) is 2.46. The van der Waals surface area contributed by atoms with Crippen LogP contribution in [0.2, 0.25) is 0 Å².